The Labute approximate surface area is 172 Å². The molecule has 0 atom stereocenters. The van der Waals surface area contributed by atoms with Crippen LogP contribution in [0.3, 0.4) is 0 Å². The largest absolute Gasteiger partial charge is 0.467 e. The molecular weight excluding hydrogens is 388 g/mol. The minimum Gasteiger partial charge on any atom is -0.467 e. The van der Waals surface area contributed by atoms with Crippen LogP contribution in [0.25, 0.3) is 5.78 Å². The lowest BCUT2D eigenvalue weighted by Crippen LogP contribution is -2.33. The number of hydrogen-bond acceptors (Lipinski definition) is 7. The van der Waals surface area contributed by atoms with Gasteiger partial charge in [-0.1, -0.05) is 17.8 Å². The van der Waals surface area contributed by atoms with E-state index in [1.165, 1.54) is 11.8 Å². The zero-order valence-corrected chi connectivity index (χ0v) is 17.2. The van der Waals surface area contributed by atoms with Crippen LogP contribution < -0.4 is 4.90 Å². The molecule has 4 heterocycles. The van der Waals surface area contributed by atoms with Gasteiger partial charge < -0.3 is 4.42 Å². The van der Waals surface area contributed by atoms with Gasteiger partial charge in [0.05, 0.1) is 19.2 Å². The Morgan fingerprint density at radius 3 is 2.76 bits per heavy atom. The van der Waals surface area contributed by atoms with Gasteiger partial charge in [-0.05, 0) is 44.4 Å². The minimum atomic E-state index is -0.0994. The summed E-state index contributed by atoms with van der Waals surface area (Å²) in [5, 5.41) is 5.11. The summed E-state index contributed by atoms with van der Waals surface area (Å²) in [6.07, 6.45) is 5.35. The molecule has 4 aromatic rings. The van der Waals surface area contributed by atoms with Crippen LogP contribution in [0.4, 0.5) is 5.82 Å². The van der Waals surface area contributed by atoms with Crippen LogP contribution in [-0.2, 0) is 17.8 Å². The summed E-state index contributed by atoms with van der Waals surface area (Å²) in [6, 6.07) is 9.13. The molecule has 29 heavy (non-hydrogen) atoms. The Bertz CT molecular complexity index is 1140. The predicted octanol–water partition coefficient (Wildman–Crippen LogP) is 3.23. The summed E-state index contributed by atoms with van der Waals surface area (Å²) in [6.45, 7) is 4.12. The number of anilines is 1. The predicted molar refractivity (Wildman–Crippen MR) is 110 cm³/mol. The maximum Gasteiger partial charge on any atom is 0.253 e. The van der Waals surface area contributed by atoms with Crippen molar-refractivity contribution < 1.29 is 9.21 Å². The van der Waals surface area contributed by atoms with Crippen LogP contribution in [-0.4, -0.2) is 36.7 Å². The van der Waals surface area contributed by atoms with Crippen molar-refractivity contribution >= 4 is 29.3 Å². The Morgan fingerprint density at radius 2 is 2.07 bits per heavy atom. The molecule has 4 rings (SSSR count). The van der Waals surface area contributed by atoms with Crippen molar-refractivity contribution in [3.05, 3.63) is 65.5 Å². The first-order valence-electron chi connectivity index (χ1n) is 9.07. The highest BCUT2D eigenvalue weighted by Gasteiger charge is 2.22. The highest BCUT2D eigenvalue weighted by atomic mass is 32.2. The standard InChI is InChI=1S/C20H20N6O2S/c1-13-16(14(2)26-19(22-13)23-20(24-26)29-3)11-18(27)25(12-15-7-6-10-28-15)17-8-4-5-9-21-17/h4-10H,11-12H2,1-3H3. The van der Waals surface area contributed by atoms with E-state index < -0.39 is 0 Å². The molecule has 0 aromatic carbocycles. The number of aromatic nitrogens is 5. The fraction of sp³-hybridized carbons (Fsp3) is 0.250. The van der Waals surface area contributed by atoms with Crippen LogP contribution in [0.2, 0.25) is 0 Å². The molecule has 0 saturated heterocycles. The molecule has 0 aliphatic rings. The summed E-state index contributed by atoms with van der Waals surface area (Å²) in [5.74, 6) is 1.70. The van der Waals surface area contributed by atoms with Crippen molar-refractivity contribution in [2.45, 2.75) is 32.0 Å². The summed E-state index contributed by atoms with van der Waals surface area (Å²) in [7, 11) is 0. The van der Waals surface area contributed by atoms with Gasteiger partial charge in [-0.25, -0.2) is 14.5 Å². The van der Waals surface area contributed by atoms with Gasteiger partial charge in [0.1, 0.15) is 11.6 Å². The van der Waals surface area contributed by atoms with Crippen molar-refractivity contribution in [1.82, 2.24) is 24.6 Å². The van der Waals surface area contributed by atoms with E-state index >= 15 is 0 Å². The minimum absolute atomic E-state index is 0.0994. The highest BCUT2D eigenvalue weighted by molar-refractivity contribution is 7.98. The van der Waals surface area contributed by atoms with Gasteiger partial charge in [-0.3, -0.25) is 9.69 Å². The van der Waals surface area contributed by atoms with Gasteiger partial charge >= 0.3 is 0 Å². The number of carbonyl (C=O) groups is 1. The maximum absolute atomic E-state index is 13.3. The molecule has 0 spiro atoms. The molecule has 0 bridgehead atoms. The van der Waals surface area contributed by atoms with Gasteiger partial charge in [0.15, 0.2) is 0 Å². The molecule has 0 aliphatic carbocycles. The lowest BCUT2D eigenvalue weighted by Gasteiger charge is -2.21. The second kappa shape index (κ2) is 8.04. The van der Waals surface area contributed by atoms with Gasteiger partial charge in [0, 0.05) is 23.1 Å². The number of hydrogen-bond donors (Lipinski definition) is 0. The average molecular weight is 408 g/mol. The van der Waals surface area contributed by atoms with Gasteiger partial charge in [0.2, 0.25) is 11.1 Å². The second-order valence-corrected chi connectivity index (χ2v) is 7.27. The molecule has 1 amide bonds. The number of thioether (sulfide) groups is 1. The van der Waals surface area contributed by atoms with Crippen LogP contribution in [0, 0.1) is 13.8 Å². The maximum atomic E-state index is 13.3. The molecule has 8 nitrogen and oxygen atoms in total. The topological polar surface area (TPSA) is 89.4 Å². The van der Waals surface area contributed by atoms with E-state index in [1.807, 2.05) is 44.4 Å². The Morgan fingerprint density at radius 1 is 1.21 bits per heavy atom. The lowest BCUT2D eigenvalue weighted by molar-refractivity contribution is -0.118. The molecule has 0 N–H and O–H groups in total. The summed E-state index contributed by atoms with van der Waals surface area (Å²) >= 11 is 1.46. The second-order valence-electron chi connectivity index (χ2n) is 6.50. The van der Waals surface area contributed by atoms with Crippen LogP contribution in [0.15, 0.2) is 52.4 Å². The number of pyridine rings is 1. The number of amides is 1. The fourth-order valence-electron chi connectivity index (χ4n) is 3.15. The van der Waals surface area contributed by atoms with Crippen molar-refractivity contribution in [1.29, 1.82) is 0 Å². The summed E-state index contributed by atoms with van der Waals surface area (Å²) < 4.78 is 7.14. The third-order valence-electron chi connectivity index (χ3n) is 4.66. The van der Waals surface area contributed by atoms with Crippen LogP contribution >= 0.6 is 11.8 Å². The van der Waals surface area contributed by atoms with Gasteiger partial charge in [0.25, 0.3) is 5.78 Å². The monoisotopic (exact) mass is 408 g/mol. The quantitative estimate of drug-likeness (QED) is 0.453. The smallest absolute Gasteiger partial charge is 0.253 e. The van der Waals surface area contributed by atoms with E-state index in [9.17, 15) is 4.79 Å². The van der Waals surface area contributed by atoms with Crippen LogP contribution in [0.5, 0.6) is 0 Å². The van der Waals surface area contributed by atoms with Gasteiger partial charge in [-0.2, -0.15) is 4.98 Å². The first kappa shape index (κ1) is 19.1. The van der Waals surface area contributed by atoms with Crippen molar-refractivity contribution in [3.63, 3.8) is 0 Å². The molecule has 9 heteroatoms. The summed E-state index contributed by atoms with van der Waals surface area (Å²) in [5.41, 5.74) is 2.45. The van der Waals surface area contributed by atoms with E-state index in [0.29, 0.717) is 29.1 Å². The average Bonchev–Trinajstić information content (AvgIpc) is 3.39. The molecule has 4 aromatic heterocycles. The number of fused-ring (bicyclic) bond motifs is 1. The third-order valence-corrected chi connectivity index (χ3v) is 5.20. The first-order valence-corrected chi connectivity index (χ1v) is 10.3. The van der Waals surface area contributed by atoms with Gasteiger partial charge in [-0.15, -0.1) is 5.10 Å². The molecule has 148 valence electrons. The number of aryl methyl sites for hydroxylation is 2. The lowest BCUT2D eigenvalue weighted by atomic mass is 10.1. The fourth-order valence-corrected chi connectivity index (χ4v) is 3.48. The number of carbonyl (C=O) groups excluding carboxylic acids is 1. The molecule has 0 fully saturated rings. The van der Waals surface area contributed by atoms with Crippen molar-refractivity contribution in [2.75, 3.05) is 11.2 Å². The SMILES string of the molecule is CSc1nc2nc(C)c(CC(=O)N(Cc3ccco3)c3ccccn3)c(C)n2n1. The summed E-state index contributed by atoms with van der Waals surface area (Å²) in [4.78, 5) is 28.2. The molecule has 0 aliphatic heterocycles. The molecule has 0 unspecified atom stereocenters. The Kier molecular flexibility index (Phi) is 5.30. The van der Waals surface area contributed by atoms with E-state index in [1.54, 1.807) is 27.9 Å². The van der Waals surface area contributed by atoms with Crippen molar-refractivity contribution in [3.8, 4) is 0 Å². The Balaban J connectivity index is 1.68. The zero-order chi connectivity index (χ0) is 20.4. The van der Waals surface area contributed by atoms with E-state index in [-0.39, 0.29) is 12.3 Å². The van der Waals surface area contributed by atoms with E-state index in [2.05, 4.69) is 20.1 Å². The normalized spacial score (nSPS) is 11.1. The van der Waals surface area contributed by atoms with Crippen molar-refractivity contribution in [2.24, 2.45) is 0 Å². The molecule has 0 radical (unpaired) electrons. The molecule has 0 saturated carbocycles. The zero-order valence-electron chi connectivity index (χ0n) is 16.4. The first-order chi connectivity index (χ1) is 14.1. The number of furan rings is 1. The third kappa shape index (κ3) is 3.86. The van der Waals surface area contributed by atoms with E-state index in [0.717, 1.165) is 17.0 Å². The number of rotatable bonds is 6. The van der Waals surface area contributed by atoms with Crippen LogP contribution in [0.1, 0.15) is 22.7 Å². The Hall–Kier alpha value is -3.20. The number of nitrogens with zero attached hydrogens (tertiary/aromatic N) is 6. The highest BCUT2D eigenvalue weighted by Crippen LogP contribution is 2.20. The molecular formula is C20H20N6O2S. The van der Waals surface area contributed by atoms with E-state index in [4.69, 9.17) is 4.42 Å².